The number of para-hydroxylation sites is 1. The minimum atomic E-state index is -0.135. The molecule has 2 aromatic carbocycles. The van der Waals surface area contributed by atoms with Gasteiger partial charge in [0.15, 0.2) is 0 Å². The molecule has 0 radical (unpaired) electrons. The topological polar surface area (TPSA) is 72.2 Å². The Hall–Kier alpha value is -3.19. The molecule has 0 aliphatic rings. The van der Waals surface area contributed by atoms with Crippen LogP contribution in [0.4, 0.5) is 5.69 Å². The maximum Gasteiger partial charge on any atom is 0.255 e. The maximum absolute atomic E-state index is 12.7. The van der Waals surface area contributed by atoms with Crippen molar-refractivity contribution in [1.29, 1.82) is 0 Å². The summed E-state index contributed by atoms with van der Waals surface area (Å²) < 4.78 is 1.75. The number of hydrogen-bond acceptors (Lipinski definition) is 5. The van der Waals surface area contributed by atoms with Gasteiger partial charge in [-0.1, -0.05) is 48.5 Å². The molecule has 6 nitrogen and oxygen atoms in total. The number of nitrogens with one attached hydrogen (secondary N) is 1. The van der Waals surface area contributed by atoms with Gasteiger partial charge in [-0.25, -0.2) is 4.98 Å². The van der Waals surface area contributed by atoms with E-state index < -0.39 is 0 Å². The van der Waals surface area contributed by atoms with Crippen LogP contribution in [0.3, 0.4) is 0 Å². The Bertz CT molecular complexity index is 1180. The number of benzene rings is 2. The molecule has 1 N–H and O–H groups in total. The van der Waals surface area contributed by atoms with Crippen molar-refractivity contribution in [2.24, 2.45) is 0 Å². The molecule has 0 bridgehead atoms. The smallest absolute Gasteiger partial charge is 0.255 e. The maximum atomic E-state index is 12.7. The van der Waals surface area contributed by atoms with Crippen LogP contribution in [-0.4, -0.2) is 25.5 Å². The van der Waals surface area contributed by atoms with Crippen molar-refractivity contribution < 1.29 is 4.79 Å². The number of aryl methyl sites for hydroxylation is 3. The predicted octanol–water partition coefficient (Wildman–Crippen LogP) is 4.71. The first-order chi connectivity index (χ1) is 14.0. The lowest BCUT2D eigenvalue weighted by Gasteiger charge is -2.12. The zero-order valence-corrected chi connectivity index (χ0v) is 17.3. The number of carbonyl (C=O) groups is 1. The Morgan fingerprint density at radius 1 is 1.07 bits per heavy atom. The van der Waals surface area contributed by atoms with Crippen LogP contribution in [0.2, 0.25) is 0 Å². The molecule has 0 spiro atoms. The van der Waals surface area contributed by atoms with Gasteiger partial charge in [0.25, 0.3) is 11.7 Å². The van der Waals surface area contributed by atoms with E-state index in [1.807, 2.05) is 68.4 Å². The van der Waals surface area contributed by atoms with Gasteiger partial charge < -0.3 is 5.32 Å². The molecule has 0 atom stereocenters. The number of nitrogens with zero attached hydrogens (tertiary/aromatic N) is 4. The highest BCUT2D eigenvalue weighted by Gasteiger charge is 2.14. The molecule has 1 amide bonds. The van der Waals surface area contributed by atoms with E-state index in [9.17, 15) is 4.79 Å². The average Bonchev–Trinajstić information content (AvgIpc) is 3.10. The number of carbonyl (C=O) groups excluding carboxylic acids is 1. The monoisotopic (exact) mass is 403 g/mol. The molecule has 4 aromatic rings. The molecule has 2 heterocycles. The Kier molecular flexibility index (Phi) is 5.31. The SMILES string of the molecule is CCc1cc(Sc2ccccc2NC(=O)c2ccc(C)cc2)n2nc(C)nc2n1. The molecule has 29 heavy (non-hydrogen) atoms. The standard InChI is InChI=1S/C22H21N5OS/c1-4-17-13-20(27-22(24-17)23-15(3)26-27)29-19-8-6-5-7-18(19)25-21(28)16-11-9-14(2)10-12-16/h5-13H,4H2,1-3H3,(H,25,28). The lowest BCUT2D eigenvalue weighted by Crippen LogP contribution is -2.12. The first kappa shape index (κ1) is 19.1. The van der Waals surface area contributed by atoms with E-state index in [4.69, 9.17) is 0 Å². The predicted molar refractivity (Wildman–Crippen MR) is 115 cm³/mol. The van der Waals surface area contributed by atoms with Gasteiger partial charge in [0.05, 0.1) is 5.69 Å². The van der Waals surface area contributed by atoms with Gasteiger partial charge in [0, 0.05) is 16.2 Å². The molecule has 0 saturated heterocycles. The van der Waals surface area contributed by atoms with E-state index >= 15 is 0 Å². The van der Waals surface area contributed by atoms with Gasteiger partial charge in [-0.15, -0.1) is 5.10 Å². The van der Waals surface area contributed by atoms with Crippen LogP contribution in [0.1, 0.15) is 34.4 Å². The van der Waals surface area contributed by atoms with Gasteiger partial charge in [-0.3, -0.25) is 4.79 Å². The molecule has 7 heteroatoms. The van der Waals surface area contributed by atoms with Crippen molar-refractivity contribution >= 4 is 29.1 Å². The first-order valence-electron chi connectivity index (χ1n) is 9.41. The summed E-state index contributed by atoms with van der Waals surface area (Å²) in [5, 5.41) is 8.40. The first-order valence-corrected chi connectivity index (χ1v) is 10.2. The summed E-state index contributed by atoms with van der Waals surface area (Å²) in [5.74, 6) is 1.13. The summed E-state index contributed by atoms with van der Waals surface area (Å²) >= 11 is 1.53. The van der Waals surface area contributed by atoms with Crippen LogP contribution >= 0.6 is 11.8 Å². The van der Waals surface area contributed by atoms with Crippen LogP contribution in [0.15, 0.2) is 64.5 Å². The Labute approximate surface area is 173 Å². The molecule has 4 rings (SSSR count). The van der Waals surface area contributed by atoms with Crippen molar-refractivity contribution in [3.8, 4) is 0 Å². The van der Waals surface area contributed by atoms with Crippen LogP contribution in [-0.2, 0) is 6.42 Å². The third-order valence-electron chi connectivity index (χ3n) is 4.46. The van der Waals surface area contributed by atoms with Crippen molar-refractivity contribution in [1.82, 2.24) is 19.6 Å². The summed E-state index contributed by atoms with van der Waals surface area (Å²) in [7, 11) is 0. The zero-order valence-electron chi connectivity index (χ0n) is 16.5. The lowest BCUT2D eigenvalue weighted by atomic mass is 10.1. The fourth-order valence-corrected chi connectivity index (χ4v) is 3.92. The van der Waals surface area contributed by atoms with Crippen molar-refractivity contribution in [2.75, 3.05) is 5.32 Å². The van der Waals surface area contributed by atoms with Gasteiger partial charge in [-0.2, -0.15) is 9.50 Å². The zero-order chi connectivity index (χ0) is 20.4. The van der Waals surface area contributed by atoms with Crippen LogP contribution in [0.25, 0.3) is 5.78 Å². The molecule has 0 aliphatic heterocycles. The van der Waals surface area contributed by atoms with Crippen LogP contribution in [0.5, 0.6) is 0 Å². The number of aromatic nitrogens is 4. The molecule has 2 aromatic heterocycles. The van der Waals surface area contributed by atoms with Crippen molar-refractivity contribution in [3.05, 3.63) is 77.2 Å². The van der Waals surface area contributed by atoms with Gasteiger partial charge in [0.2, 0.25) is 0 Å². The lowest BCUT2D eigenvalue weighted by molar-refractivity contribution is 0.102. The van der Waals surface area contributed by atoms with E-state index in [2.05, 4.69) is 27.3 Å². The van der Waals surface area contributed by atoms with Gasteiger partial charge >= 0.3 is 0 Å². The second-order valence-corrected chi connectivity index (χ2v) is 7.79. The summed E-state index contributed by atoms with van der Waals surface area (Å²) in [6.45, 7) is 5.91. The van der Waals surface area contributed by atoms with Crippen molar-refractivity contribution in [2.45, 2.75) is 37.1 Å². The molecular formula is C22H21N5OS. The quantitative estimate of drug-likeness (QED) is 0.489. The highest BCUT2D eigenvalue weighted by atomic mass is 32.2. The highest BCUT2D eigenvalue weighted by Crippen LogP contribution is 2.34. The molecule has 0 fully saturated rings. The van der Waals surface area contributed by atoms with Crippen LogP contribution in [0, 0.1) is 13.8 Å². The van der Waals surface area contributed by atoms with Gasteiger partial charge in [-0.05, 0) is 50.6 Å². The van der Waals surface area contributed by atoms with E-state index in [1.165, 1.54) is 11.8 Å². The molecule has 146 valence electrons. The van der Waals surface area contributed by atoms with Crippen molar-refractivity contribution in [3.63, 3.8) is 0 Å². The summed E-state index contributed by atoms with van der Waals surface area (Å²) in [6.07, 6.45) is 0.807. The van der Waals surface area contributed by atoms with E-state index in [0.717, 1.165) is 33.3 Å². The summed E-state index contributed by atoms with van der Waals surface area (Å²) in [5.41, 5.74) is 3.45. The number of hydrogen-bond donors (Lipinski definition) is 1. The number of fused-ring (bicyclic) bond motifs is 1. The third-order valence-corrected chi connectivity index (χ3v) is 5.54. The van der Waals surface area contributed by atoms with Crippen LogP contribution < -0.4 is 5.32 Å². The Morgan fingerprint density at radius 3 is 2.59 bits per heavy atom. The van der Waals surface area contributed by atoms with Gasteiger partial charge in [0.1, 0.15) is 10.9 Å². The average molecular weight is 404 g/mol. The molecule has 0 unspecified atom stereocenters. The van der Waals surface area contributed by atoms with E-state index in [1.54, 1.807) is 4.52 Å². The van der Waals surface area contributed by atoms with E-state index in [0.29, 0.717) is 17.2 Å². The molecule has 0 saturated carbocycles. The fourth-order valence-electron chi connectivity index (χ4n) is 2.91. The Morgan fingerprint density at radius 2 is 1.83 bits per heavy atom. The number of anilines is 1. The minimum absolute atomic E-state index is 0.135. The minimum Gasteiger partial charge on any atom is -0.321 e. The highest BCUT2D eigenvalue weighted by molar-refractivity contribution is 7.99. The van der Waals surface area contributed by atoms with E-state index in [-0.39, 0.29) is 5.91 Å². The number of amides is 1. The largest absolute Gasteiger partial charge is 0.321 e. The molecule has 0 aliphatic carbocycles. The normalized spacial score (nSPS) is 11.0. The number of rotatable bonds is 5. The third kappa shape index (κ3) is 4.14. The molecular weight excluding hydrogens is 382 g/mol. The summed E-state index contributed by atoms with van der Waals surface area (Å²) in [6, 6.07) is 17.3. The Balaban J connectivity index is 1.66. The summed E-state index contributed by atoms with van der Waals surface area (Å²) in [4.78, 5) is 22.6. The second-order valence-electron chi connectivity index (χ2n) is 6.73. The second kappa shape index (κ2) is 8.05. The fraction of sp³-hybridized carbons (Fsp3) is 0.182.